The first-order valence-corrected chi connectivity index (χ1v) is 5.46. The molecule has 86 valence electrons. The van der Waals surface area contributed by atoms with Crippen molar-refractivity contribution >= 4 is 12.3 Å². The van der Waals surface area contributed by atoms with Gasteiger partial charge in [-0.1, -0.05) is 19.3 Å². The Hall–Kier alpha value is -0.900. The van der Waals surface area contributed by atoms with Crippen LogP contribution in [0.1, 0.15) is 38.5 Å². The molecule has 2 N–H and O–H groups in total. The van der Waals surface area contributed by atoms with Gasteiger partial charge in [-0.05, 0) is 18.8 Å². The molecule has 0 aromatic heterocycles. The van der Waals surface area contributed by atoms with Crippen LogP contribution in [0.5, 0.6) is 0 Å². The zero-order chi connectivity index (χ0) is 11.3. The Kier molecular flexibility index (Phi) is 4.27. The number of hydrogen-bond donors (Lipinski definition) is 1. The number of rotatable bonds is 4. The van der Waals surface area contributed by atoms with E-state index in [1.54, 1.807) is 0 Å². The number of carbonyl (C=O) groups is 2. The van der Waals surface area contributed by atoms with Gasteiger partial charge >= 0.3 is 5.97 Å². The molecule has 0 aromatic rings. The normalized spacial score (nSPS) is 21.7. The van der Waals surface area contributed by atoms with Gasteiger partial charge in [-0.25, -0.2) is 0 Å². The molecular formula is C11H19NO3. The first-order chi connectivity index (χ1) is 7.15. The van der Waals surface area contributed by atoms with Crippen LogP contribution in [0, 0.1) is 5.92 Å². The molecule has 0 amide bonds. The molecule has 0 aliphatic heterocycles. The summed E-state index contributed by atoms with van der Waals surface area (Å²) in [6, 6.07) is 0. The SMILES string of the molecule is COC(=O)C(N)(CC=O)C1CCCCC1. The van der Waals surface area contributed by atoms with Crippen LogP contribution in [-0.4, -0.2) is 24.9 Å². The van der Waals surface area contributed by atoms with E-state index >= 15 is 0 Å². The highest BCUT2D eigenvalue weighted by atomic mass is 16.5. The van der Waals surface area contributed by atoms with E-state index in [0.717, 1.165) is 25.7 Å². The van der Waals surface area contributed by atoms with Crippen molar-refractivity contribution in [2.75, 3.05) is 7.11 Å². The number of aldehydes is 1. The van der Waals surface area contributed by atoms with Crippen LogP contribution in [0.25, 0.3) is 0 Å². The van der Waals surface area contributed by atoms with Crippen molar-refractivity contribution in [2.45, 2.75) is 44.1 Å². The Bertz CT molecular complexity index is 236. The van der Waals surface area contributed by atoms with Gasteiger partial charge in [0, 0.05) is 6.42 Å². The summed E-state index contributed by atoms with van der Waals surface area (Å²) in [5.74, 6) is -0.370. The second kappa shape index (κ2) is 5.26. The van der Waals surface area contributed by atoms with Gasteiger partial charge < -0.3 is 15.3 Å². The van der Waals surface area contributed by atoms with Crippen molar-refractivity contribution in [3.63, 3.8) is 0 Å². The Morgan fingerprint density at radius 1 is 1.47 bits per heavy atom. The minimum Gasteiger partial charge on any atom is -0.468 e. The van der Waals surface area contributed by atoms with E-state index < -0.39 is 11.5 Å². The lowest BCUT2D eigenvalue weighted by Gasteiger charge is -2.35. The Morgan fingerprint density at radius 3 is 2.53 bits per heavy atom. The summed E-state index contributed by atoms with van der Waals surface area (Å²) >= 11 is 0. The maximum absolute atomic E-state index is 11.6. The summed E-state index contributed by atoms with van der Waals surface area (Å²) in [6.07, 6.45) is 5.96. The molecule has 1 rings (SSSR count). The smallest absolute Gasteiger partial charge is 0.326 e. The van der Waals surface area contributed by atoms with E-state index in [2.05, 4.69) is 0 Å². The number of hydrogen-bond acceptors (Lipinski definition) is 4. The van der Waals surface area contributed by atoms with Gasteiger partial charge in [0.05, 0.1) is 7.11 Å². The third-order valence-electron chi connectivity index (χ3n) is 3.32. The summed E-state index contributed by atoms with van der Waals surface area (Å²) in [6.45, 7) is 0. The molecule has 1 aliphatic carbocycles. The van der Waals surface area contributed by atoms with Crippen LogP contribution in [0.4, 0.5) is 0 Å². The average molecular weight is 213 g/mol. The highest BCUT2D eigenvalue weighted by Crippen LogP contribution is 2.33. The Morgan fingerprint density at radius 2 is 2.07 bits per heavy atom. The molecule has 1 saturated carbocycles. The van der Waals surface area contributed by atoms with Crippen LogP contribution < -0.4 is 5.73 Å². The maximum atomic E-state index is 11.6. The molecule has 0 heterocycles. The average Bonchev–Trinajstić information content (AvgIpc) is 2.29. The summed E-state index contributed by atoms with van der Waals surface area (Å²) in [5.41, 5.74) is 4.93. The number of carbonyl (C=O) groups excluding carboxylic acids is 2. The molecule has 4 nitrogen and oxygen atoms in total. The molecule has 0 spiro atoms. The summed E-state index contributed by atoms with van der Waals surface area (Å²) in [7, 11) is 1.32. The van der Waals surface area contributed by atoms with Gasteiger partial charge in [0.2, 0.25) is 0 Å². The van der Waals surface area contributed by atoms with E-state index in [4.69, 9.17) is 10.5 Å². The van der Waals surface area contributed by atoms with Crippen molar-refractivity contribution in [1.82, 2.24) is 0 Å². The van der Waals surface area contributed by atoms with Crippen LogP contribution >= 0.6 is 0 Å². The zero-order valence-corrected chi connectivity index (χ0v) is 9.20. The minimum absolute atomic E-state index is 0.0599. The van der Waals surface area contributed by atoms with Crippen LogP contribution in [0.15, 0.2) is 0 Å². The molecule has 15 heavy (non-hydrogen) atoms. The lowest BCUT2D eigenvalue weighted by Crippen LogP contribution is -2.55. The van der Waals surface area contributed by atoms with Gasteiger partial charge in [0.25, 0.3) is 0 Å². The molecule has 1 fully saturated rings. The molecule has 0 bridgehead atoms. The summed E-state index contributed by atoms with van der Waals surface area (Å²) < 4.78 is 4.70. The summed E-state index contributed by atoms with van der Waals surface area (Å²) in [5, 5.41) is 0. The predicted octanol–water partition coefficient (Wildman–Crippen LogP) is 1.03. The first-order valence-electron chi connectivity index (χ1n) is 5.46. The molecular weight excluding hydrogens is 194 g/mol. The van der Waals surface area contributed by atoms with E-state index in [1.807, 2.05) is 0 Å². The van der Waals surface area contributed by atoms with E-state index in [0.29, 0.717) is 6.29 Å². The van der Waals surface area contributed by atoms with E-state index in [-0.39, 0.29) is 12.3 Å². The Balaban J connectivity index is 2.77. The molecule has 1 aliphatic rings. The van der Waals surface area contributed by atoms with Gasteiger partial charge in [-0.3, -0.25) is 4.79 Å². The summed E-state index contributed by atoms with van der Waals surface area (Å²) in [4.78, 5) is 22.2. The molecule has 4 heteroatoms. The Labute approximate surface area is 90.2 Å². The third-order valence-corrected chi connectivity index (χ3v) is 3.32. The highest BCUT2D eigenvalue weighted by Gasteiger charge is 2.42. The minimum atomic E-state index is -1.10. The lowest BCUT2D eigenvalue weighted by molar-refractivity contribution is -0.151. The second-order valence-electron chi connectivity index (χ2n) is 4.24. The number of nitrogens with two attached hydrogens (primary N) is 1. The number of esters is 1. The third kappa shape index (κ3) is 2.56. The van der Waals surface area contributed by atoms with Crippen LogP contribution in [0.3, 0.4) is 0 Å². The van der Waals surface area contributed by atoms with E-state index in [1.165, 1.54) is 13.5 Å². The second-order valence-corrected chi connectivity index (χ2v) is 4.24. The lowest BCUT2D eigenvalue weighted by atomic mass is 9.73. The largest absolute Gasteiger partial charge is 0.468 e. The van der Waals surface area contributed by atoms with Crippen molar-refractivity contribution in [1.29, 1.82) is 0 Å². The molecule has 0 saturated heterocycles. The zero-order valence-electron chi connectivity index (χ0n) is 9.20. The molecule has 1 unspecified atom stereocenters. The fourth-order valence-corrected chi connectivity index (χ4v) is 2.36. The predicted molar refractivity (Wildman–Crippen MR) is 56.2 cm³/mol. The number of ether oxygens (including phenoxy) is 1. The van der Waals surface area contributed by atoms with Crippen molar-refractivity contribution < 1.29 is 14.3 Å². The van der Waals surface area contributed by atoms with Crippen LogP contribution in [0.2, 0.25) is 0 Å². The monoisotopic (exact) mass is 213 g/mol. The highest BCUT2D eigenvalue weighted by molar-refractivity contribution is 5.84. The van der Waals surface area contributed by atoms with Gasteiger partial charge in [0.15, 0.2) is 0 Å². The van der Waals surface area contributed by atoms with Gasteiger partial charge in [-0.15, -0.1) is 0 Å². The standard InChI is InChI=1S/C11H19NO3/c1-15-10(14)11(12,7-8-13)9-5-3-2-4-6-9/h8-9H,2-7,12H2,1H3. The van der Waals surface area contributed by atoms with E-state index in [9.17, 15) is 9.59 Å². The van der Waals surface area contributed by atoms with Crippen LogP contribution in [-0.2, 0) is 14.3 Å². The fraction of sp³-hybridized carbons (Fsp3) is 0.818. The van der Waals surface area contributed by atoms with Crippen molar-refractivity contribution in [2.24, 2.45) is 11.7 Å². The van der Waals surface area contributed by atoms with Gasteiger partial charge in [0.1, 0.15) is 11.8 Å². The topological polar surface area (TPSA) is 69.4 Å². The maximum Gasteiger partial charge on any atom is 0.326 e. The molecule has 0 aromatic carbocycles. The quantitative estimate of drug-likeness (QED) is 0.559. The fourth-order valence-electron chi connectivity index (χ4n) is 2.36. The number of methoxy groups -OCH3 is 1. The van der Waals surface area contributed by atoms with Gasteiger partial charge in [-0.2, -0.15) is 0 Å². The molecule has 0 radical (unpaired) electrons. The van der Waals surface area contributed by atoms with Crippen molar-refractivity contribution in [3.05, 3.63) is 0 Å². The van der Waals surface area contributed by atoms with Crippen molar-refractivity contribution in [3.8, 4) is 0 Å². The molecule has 1 atom stereocenters. The first kappa shape index (κ1) is 12.2.